The summed E-state index contributed by atoms with van der Waals surface area (Å²) < 4.78 is 0. The van der Waals surface area contributed by atoms with E-state index in [2.05, 4.69) is 6.92 Å². The van der Waals surface area contributed by atoms with Gasteiger partial charge in [0.1, 0.15) is 0 Å². The molecule has 5 atom stereocenters. The van der Waals surface area contributed by atoms with Crippen molar-refractivity contribution in [1.29, 1.82) is 0 Å². The van der Waals surface area contributed by atoms with Crippen LogP contribution in [0.4, 0.5) is 0 Å². The lowest BCUT2D eigenvalue weighted by atomic mass is 9.60. The van der Waals surface area contributed by atoms with Crippen LogP contribution in [0.15, 0.2) is 0 Å². The standard InChI is InChI=1S/C14H22O4/c1-2-8-5-9-3-4-10(13(15)16)7-11(9)12(6-8)14(17)18/h8-12H,2-7H2,1H3,(H,15,16)(H,17,18). The third kappa shape index (κ3) is 2.52. The van der Waals surface area contributed by atoms with Crippen molar-refractivity contribution in [3.63, 3.8) is 0 Å². The number of fused-ring (bicyclic) bond motifs is 1. The molecule has 0 bridgehead atoms. The average Bonchev–Trinajstić information content (AvgIpc) is 2.36. The minimum atomic E-state index is -0.754. The summed E-state index contributed by atoms with van der Waals surface area (Å²) in [6.45, 7) is 2.12. The molecule has 2 saturated carbocycles. The van der Waals surface area contributed by atoms with Crippen molar-refractivity contribution in [3.05, 3.63) is 0 Å². The molecular weight excluding hydrogens is 232 g/mol. The Hall–Kier alpha value is -1.06. The van der Waals surface area contributed by atoms with Gasteiger partial charge in [0.15, 0.2) is 0 Å². The van der Waals surface area contributed by atoms with Gasteiger partial charge in [0.25, 0.3) is 0 Å². The minimum absolute atomic E-state index is 0.0835. The van der Waals surface area contributed by atoms with E-state index in [1.807, 2.05) is 0 Å². The maximum Gasteiger partial charge on any atom is 0.306 e. The van der Waals surface area contributed by atoms with E-state index in [1.54, 1.807) is 0 Å². The Labute approximate surface area is 107 Å². The Morgan fingerprint density at radius 2 is 1.78 bits per heavy atom. The van der Waals surface area contributed by atoms with Crippen molar-refractivity contribution in [2.45, 2.75) is 45.4 Å². The van der Waals surface area contributed by atoms with E-state index in [0.29, 0.717) is 18.3 Å². The molecule has 0 amide bonds. The highest BCUT2D eigenvalue weighted by Gasteiger charge is 2.45. The summed E-state index contributed by atoms with van der Waals surface area (Å²) >= 11 is 0. The molecule has 4 nitrogen and oxygen atoms in total. The van der Waals surface area contributed by atoms with Gasteiger partial charge < -0.3 is 10.2 Å². The molecule has 2 rings (SSSR count). The molecule has 18 heavy (non-hydrogen) atoms. The van der Waals surface area contributed by atoms with Gasteiger partial charge in [0, 0.05) is 0 Å². The van der Waals surface area contributed by atoms with Gasteiger partial charge in [-0.05, 0) is 49.9 Å². The average molecular weight is 254 g/mol. The van der Waals surface area contributed by atoms with Crippen LogP contribution in [0.1, 0.15) is 45.4 Å². The van der Waals surface area contributed by atoms with Gasteiger partial charge >= 0.3 is 11.9 Å². The normalized spacial score (nSPS) is 39.9. The van der Waals surface area contributed by atoms with Crippen molar-refractivity contribution >= 4 is 11.9 Å². The smallest absolute Gasteiger partial charge is 0.306 e. The third-order valence-corrected chi connectivity index (χ3v) is 5.03. The number of aliphatic carboxylic acids is 2. The van der Waals surface area contributed by atoms with Gasteiger partial charge in [-0.1, -0.05) is 13.3 Å². The van der Waals surface area contributed by atoms with Gasteiger partial charge in [0.2, 0.25) is 0 Å². The minimum Gasteiger partial charge on any atom is -0.481 e. The van der Waals surface area contributed by atoms with Crippen LogP contribution in [0.3, 0.4) is 0 Å². The molecule has 2 aliphatic rings. The lowest BCUT2D eigenvalue weighted by Crippen LogP contribution is -2.41. The summed E-state index contributed by atoms with van der Waals surface area (Å²) in [6.07, 6.45) is 5.04. The van der Waals surface area contributed by atoms with E-state index in [-0.39, 0.29) is 17.8 Å². The van der Waals surface area contributed by atoms with E-state index in [4.69, 9.17) is 5.11 Å². The number of carboxylic acid groups (broad SMARTS) is 2. The first-order valence-electron chi connectivity index (χ1n) is 6.98. The lowest BCUT2D eigenvalue weighted by Gasteiger charge is -2.44. The van der Waals surface area contributed by atoms with Gasteiger partial charge in [-0.25, -0.2) is 0 Å². The Balaban J connectivity index is 2.13. The van der Waals surface area contributed by atoms with Crippen molar-refractivity contribution < 1.29 is 19.8 Å². The van der Waals surface area contributed by atoms with Crippen LogP contribution in [-0.4, -0.2) is 22.2 Å². The Kier molecular flexibility index (Phi) is 3.93. The van der Waals surface area contributed by atoms with Crippen LogP contribution in [0, 0.1) is 29.6 Å². The summed E-state index contributed by atoms with van der Waals surface area (Å²) in [4.78, 5) is 22.5. The second-order valence-corrected chi connectivity index (χ2v) is 5.96. The summed E-state index contributed by atoms with van der Waals surface area (Å²) in [5.41, 5.74) is 0. The number of rotatable bonds is 3. The van der Waals surface area contributed by atoms with Gasteiger partial charge in [0.05, 0.1) is 11.8 Å². The van der Waals surface area contributed by atoms with E-state index in [0.717, 1.165) is 32.1 Å². The van der Waals surface area contributed by atoms with Gasteiger partial charge in [-0.2, -0.15) is 0 Å². The highest BCUT2D eigenvalue weighted by Crippen LogP contribution is 2.48. The highest BCUT2D eigenvalue weighted by atomic mass is 16.4. The molecular formula is C14H22O4. The van der Waals surface area contributed by atoms with Crippen LogP contribution >= 0.6 is 0 Å². The second-order valence-electron chi connectivity index (χ2n) is 5.96. The first kappa shape index (κ1) is 13.4. The zero-order chi connectivity index (χ0) is 13.3. The maximum absolute atomic E-state index is 11.4. The molecule has 0 aromatic heterocycles. The van der Waals surface area contributed by atoms with Crippen molar-refractivity contribution in [1.82, 2.24) is 0 Å². The fraction of sp³-hybridized carbons (Fsp3) is 0.857. The van der Waals surface area contributed by atoms with Gasteiger partial charge in [-0.3, -0.25) is 9.59 Å². The largest absolute Gasteiger partial charge is 0.481 e. The molecule has 0 spiro atoms. The van der Waals surface area contributed by atoms with Gasteiger partial charge in [-0.15, -0.1) is 0 Å². The van der Waals surface area contributed by atoms with E-state index >= 15 is 0 Å². The zero-order valence-corrected chi connectivity index (χ0v) is 10.8. The summed E-state index contributed by atoms with van der Waals surface area (Å²) in [5.74, 6) is -1.11. The molecule has 0 aliphatic heterocycles. The van der Waals surface area contributed by atoms with E-state index in [9.17, 15) is 14.7 Å². The summed E-state index contributed by atoms with van der Waals surface area (Å²) in [7, 11) is 0. The van der Waals surface area contributed by atoms with E-state index in [1.165, 1.54) is 0 Å². The fourth-order valence-electron chi connectivity index (χ4n) is 3.95. The van der Waals surface area contributed by atoms with Crippen LogP contribution < -0.4 is 0 Å². The molecule has 5 unspecified atom stereocenters. The highest BCUT2D eigenvalue weighted by molar-refractivity contribution is 5.72. The Bertz CT molecular complexity index is 339. The molecule has 0 heterocycles. The number of hydrogen-bond donors (Lipinski definition) is 2. The molecule has 2 fully saturated rings. The quantitative estimate of drug-likeness (QED) is 0.811. The predicted octanol–water partition coefficient (Wildman–Crippen LogP) is 2.62. The second kappa shape index (κ2) is 5.29. The summed E-state index contributed by atoms with van der Waals surface area (Å²) in [6, 6.07) is 0. The maximum atomic E-state index is 11.4. The van der Waals surface area contributed by atoms with Crippen molar-refractivity contribution in [2.24, 2.45) is 29.6 Å². The van der Waals surface area contributed by atoms with E-state index < -0.39 is 11.9 Å². The molecule has 4 heteroatoms. The number of hydrogen-bond acceptors (Lipinski definition) is 2. The Morgan fingerprint density at radius 1 is 1.06 bits per heavy atom. The van der Waals surface area contributed by atoms with Crippen LogP contribution in [0.5, 0.6) is 0 Å². The molecule has 102 valence electrons. The molecule has 0 radical (unpaired) electrons. The first-order valence-corrected chi connectivity index (χ1v) is 6.98. The van der Waals surface area contributed by atoms with Crippen LogP contribution in [0.2, 0.25) is 0 Å². The van der Waals surface area contributed by atoms with Crippen molar-refractivity contribution in [3.8, 4) is 0 Å². The topological polar surface area (TPSA) is 74.6 Å². The van der Waals surface area contributed by atoms with Crippen LogP contribution in [-0.2, 0) is 9.59 Å². The predicted molar refractivity (Wildman–Crippen MR) is 66.1 cm³/mol. The number of carbonyl (C=O) groups is 2. The zero-order valence-electron chi connectivity index (χ0n) is 10.8. The molecule has 2 aliphatic carbocycles. The third-order valence-electron chi connectivity index (χ3n) is 5.03. The summed E-state index contributed by atoms with van der Waals surface area (Å²) in [5, 5.41) is 18.5. The molecule has 0 aromatic carbocycles. The monoisotopic (exact) mass is 254 g/mol. The number of carboxylic acids is 2. The lowest BCUT2D eigenvalue weighted by molar-refractivity contribution is -0.153. The first-order chi connectivity index (χ1) is 8.52. The van der Waals surface area contributed by atoms with Crippen molar-refractivity contribution in [2.75, 3.05) is 0 Å². The molecule has 0 saturated heterocycles. The van der Waals surface area contributed by atoms with Crippen LogP contribution in [0.25, 0.3) is 0 Å². The molecule has 0 aromatic rings. The molecule has 2 N–H and O–H groups in total. The Morgan fingerprint density at radius 3 is 2.33 bits per heavy atom. The fourth-order valence-corrected chi connectivity index (χ4v) is 3.95. The SMILES string of the molecule is CCC1CC2CCC(C(=O)O)CC2C(C(=O)O)C1.